The van der Waals surface area contributed by atoms with Crippen molar-refractivity contribution in [2.45, 2.75) is 31.9 Å². The fourth-order valence-corrected chi connectivity index (χ4v) is 4.68. The lowest BCUT2D eigenvalue weighted by Gasteiger charge is -2.47. The summed E-state index contributed by atoms with van der Waals surface area (Å²) in [6.07, 6.45) is 2.42. The van der Waals surface area contributed by atoms with Crippen LogP contribution in [0.15, 0.2) is 30.3 Å². The van der Waals surface area contributed by atoms with Gasteiger partial charge in [0.25, 0.3) is 0 Å². The number of hydrogen-bond donors (Lipinski definition) is 3. The predicted molar refractivity (Wildman–Crippen MR) is 112 cm³/mol. The largest absolute Gasteiger partial charge is 0.508 e. The fraction of sp³-hybridized carbons (Fsp3) is 0.455. The highest BCUT2D eigenvalue weighted by Crippen LogP contribution is 2.40. The molecule has 2 aromatic heterocycles. The van der Waals surface area contributed by atoms with Gasteiger partial charge in [0.1, 0.15) is 11.9 Å². The third kappa shape index (κ3) is 3.29. The van der Waals surface area contributed by atoms with E-state index in [1.807, 2.05) is 19.1 Å². The van der Waals surface area contributed by atoms with Crippen molar-refractivity contribution in [1.82, 2.24) is 20.1 Å². The number of rotatable bonds is 4. The van der Waals surface area contributed by atoms with Crippen molar-refractivity contribution < 1.29 is 9.84 Å². The number of hydrogen-bond acceptors (Lipinski definition) is 6. The number of fused-ring (bicyclic) bond motifs is 1. The molecule has 0 amide bonds. The maximum absolute atomic E-state index is 9.62. The molecular formula is C22H27N5O2. The van der Waals surface area contributed by atoms with Crippen molar-refractivity contribution in [3.05, 3.63) is 41.6 Å². The highest BCUT2D eigenvalue weighted by Gasteiger charge is 2.41. The van der Waals surface area contributed by atoms with Gasteiger partial charge in [-0.1, -0.05) is 0 Å². The standard InChI is InChI=1S/C22H27N5O2/c1-13-20-17(21-19(12-29-21)27-8-2-3-14(10-23)11-27)9-18(24-22(20)26-25-13)15-4-6-16(28)7-5-15/h4-7,9,14,19,21,28H,2-3,8,10-12,23H2,1H3,(H,24,25,26). The zero-order valence-electron chi connectivity index (χ0n) is 16.6. The predicted octanol–water partition coefficient (Wildman–Crippen LogP) is 2.75. The van der Waals surface area contributed by atoms with Gasteiger partial charge in [0.2, 0.25) is 0 Å². The summed E-state index contributed by atoms with van der Waals surface area (Å²) in [5.74, 6) is 0.818. The Labute approximate surface area is 169 Å². The fourth-order valence-electron chi connectivity index (χ4n) is 4.68. The Bertz CT molecular complexity index is 1020. The van der Waals surface area contributed by atoms with Gasteiger partial charge in [0.05, 0.1) is 18.3 Å². The number of nitrogens with two attached hydrogens (primary N) is 1. The quantitative estimate of drug-likeness (QED) is 0.630. The van der Waals surface area contributed by atoms with Crippen LogP contribution in [0.2, 0.25) is 0 Å². The highest BCUT2D eigenvalue weighted by molar-refractivity contribution is 5.85. The lowest BCUT2D eigenvalue weighted by Crippen LogP contribution is -2.54. The van der Waals surface area contributed by atoms with Crippen molar-refractivity contribution in [1.29, 1.82) is 0 Å². The number of H-pyrrole nitrogens is 1. The Morgan fingerprint density at radius 2 is 2.14 bits per heavy atom. The van der Waals surface area contributed by atoms with Gasteiger partial charge >= 0.3 is 0 Å². The summed E-state index contributed by atoms with van der Waals surface area (Å²) in [5, 5.41) is 18.2. The maximum Gasteiger partial charge on any atom is 0.182 e. The number of aromatic nitrogens is 3. The molecule has 2 fully saturated rings. The molecule has 3 unspecified atom stereocenters. The van der Waals surface area contributed by atoms with E-state index in [2.05, 4.69) is 21.2 Å². The molecule has 2 saturated heterocycles. The molecule has 0 radical (unpaired) electrons. The van der Waals surface area contributed by atoms with Gasteiger partial charge in [-0.05, 0) is 74.7 Å². The van der Waals surface area contributed by atoms with E-state index in [9.17, 15) is 5.11 Å². The summed E-state index contributed by atoms with van der Waals surface area (Å²) in [6, 6.07) is 9.60. The van der Waals surface area contributed by atoms with Crippen molar-refractivity contribution in [2.24, 2.45) is 11.7 Å². The van der Waals surface area contributed by atoms with Crippen molar-refractivity contribution in [3.8, 4) is 17.0 Å². The van der Waals surface area contributed by atoms with E-state index >= 15 is 0 Å². The molecular weight excluding hydrogens is 366 g/mol. The second kappa shape index (κ2) is 7.40. The molecule has 1 aromatic carbocycles. The number of aromatic hydroxyl groups is 1. The Morgan fingerprint density at radius 3 is 2.86 bits per heavy atom. The number of ether oxygens (including phenoxy) is 1. The minimum Gasteiger partial charge on any atom is -0.508 e. The van der Waals surface area contributed by atoms with Crippen molar-refractivity contribution in [2.75, 3.05) is 26.2 Å². The number of likely N-dealkylation sites (tertiary alicyclic amines) is 1. The van der Waals surface area contributed by atoms with Crippen LogP contribution < -0.4 is 5.73 Å². The maximum atomic E-state index is 9.62. The molecule has 4 heterocycles. The molecule has 7 heteroatoms. The molecule has 0 spiro atoms. The number of phenolic OH excluding ortho intramolecular Hbond substituents is 1. The summed E-state index contributed by atoms with van der Waals surface area (Å²) in [6.45, 7) is 5.67. The van der Waals surface area contributed by atoms with E-state index in [0.29, 0.717) is 17.6 Å². The zero-order valence-corrected chi connectivity index (χ0v) is 16.6. The number of phenols is 1. The number of nitrogens with zero attached hydrogens (tertiary/aromatic N) is 3. The normalized spacial score (nSPS) is 25.2. The second-order valence-electron chi connectivity index (χ2n) is 8.25. The summed E-state index contributed by atoms with van der Waals surface area (Å²) in [5.41, 5.74) is 10.6. The molecule has 2 aliphatic heterocycles. The summed E-state index contributed by atoms with van der Waals surface area (Å²) in [7, 11) is 0. The lowest BCUT2D eigenvalue weighted by molar-refractivity contribution is -0.144. The van der Waals surface area contributed by atoms with E-state index in [1.165, 1.54) is 12.8 Å². The van der Waals surface area contributed by atoms with Gasteiger partial charge in [-0.2, -0.15) is 5.10 Å². The Kier molecular flexibility index (Phi) is 4.73. The third-order valence-corrected chi connectivity index (χ3v) is 6.35. The Morgan fingerprint density at radius 1 is 1.31 bits per heavy atom. The molecule has 0 saturated carbocycles. The van der Waals surface area contributed by atoms with Crippen LogP contribution in [0.3, 0.4) is 0 Å². The average Bonchev–Trinajstić information content (AvgIpc) is 3.09. The monoisotopic (exact) mass is 393 g/mol. The van der Waals surface area contributed by atoms with Crippen molar-refractivity contribution >= 4 is 11.0 Å². The third-order valence-electron chi connectivity index (χ3n) is 6.35. The summed E-state index contributed by atoms with van der Waals surface area (Å²) < 4.78 is 6.11. The molecule has 2 aliphatic rings. The van der Waals surface area contributed by atoms with Crippen LogP contribution in [0.5, 0.6) is 5.75 Å². The van der Waals surface area contributed by atoms with Crippen molar-refractivity contribution in [3.63, 3.8) is 0 Å². The second-order valence-corrected chi connectivity index (χ2v) is 8.25. The molecule has 3 aromatic rings. The van der Waals surface area contributed by atoms with Crippen LogP contribution in [-0.2, 0) is 4.74 Å². The number of pyridine rings is 1. The van der Waals surface area contributed by atoms with Gasteiger partial charge in [-0.25, -0.2) is 4.98 Å². The number of piperidine rings is 1. The van der Waals surface area contributed by atoms with Gasteiger partial charge in [0.15, 0.2) is 5.65 Å². The van der Waals surface area contributed by atoms with Crippen LogP contribution in [0, 0.1) is 12.8 Å². The SMILES string of the molecule is Cc1[nH]nc2nc(-c3ccc(O)cc3)cc(C3OCC3N3CCCC(CN)C3)c12. The smallest absolute Gasteiger partial charge is 0.182 e. The van der Waals surface area contributed by atoms with E-state index < -0.39 is 0 Å². The average molecular weight is 393 g/mol. The van der Waals surface area contributed by atoms with Gasteiger partial charge in [0, 0.05) is 23.2 Å². The number of aromatic amines is 1. The first kappa shape index (κ1) is 18.5. The van der Waals surface area contributed by atoms with E-state index in [1.54, 1.807) is 12.1 Å². The number of benzene rings is 1. The van der Waals surface area contributed by atoms with E-state index in [4.69, 9.17) is 15.5 Å². The van der Waals surface area contributed by atoms with E-state index in [-0.39, 0.29) is 11.9 Å². The van der Waals surface area contributed by atoms with Crippen LogP contribution in [0.1, 0.15) is 30.2 Å². The molecule has 29 heavy (non-hydrogen) atoms. The molecule has 4 N–H and O–H groups in total. The molecule has 3 atom stereocenters. The van der Waals surface area contributed by atoms with Crippen LogP contribution >= 0.6 is 0 Å². The summed E-state index contributed by atoms with van der Waals surface area (Å²) in [4.78, 5) is 7.30. The molecule has 7 nitrogen and oxygen atoms in total. The number of aryl methyl sites for hydroxylation is 1. The topological polar surface area (TPSA) is 100 Å². The van der Waals surface area contributed by atoms with Gasteiger partial charge < -0.3 is 15.6 Å². The Hall–Kier alpha value is -2.48. The minimum absolute atomic E-state index is 0.00388. The summed E-state index contributed by atoms with van der Waals surface area (Å²) >= 11 is 0. The first-order chi connectivity index (χ1) is 14.1. The van der Waals surface area contributed by atoms with Gasteiger partial charge in [-0.15, -0.1) is 0 Å². The highest BCUT2D eigenvalue weighted by atomic mass is 16.5. The molecule has 5 rings (SSSR count). The lowest BCUT2D eigenvalue weighted by atomic mass is 9.90. The number of nitrogens with one attached hydrogen (secondary N) is 1. The molecule has 152 valence electrons. The van der Waals surface area contributed by atoms with Gasteiger partial charge in [-0.3, -0.25) is 10.00 Å². The first-order valence-corrected chi connectivity index (χ1v) is 10.3. The molecule has 0 bridgehead atoms. The van der Waals surface area contributed by atoms with Crippen LogP contribution in [-0.4, -0.2) is 57.5 Å². The van der Waals surface area contributed by atoms with E-state index in [0.717, 1.165) is 54.1 Å². The molecule has 0 aliphatic carbocycles. The van der Waals surface area contributed by atoms with Crippen LogP contribution in [0.4, 0.5) is 0 Å². The van der Waals surface area contributed by atoms with Crippen LogP contribution in [0.25, 0.3) is 22.3 Å². The minimum atomic E-state index is 0.00388. The first-order valence-electron chi connectivity index (χ1n) is 10.3. The Balaban J connectivity index is 1.53. The zero-order chi connectivity index (χ0) is 20.0.